The third kappa shape index (κ3) is 2.23. The number of rotatable bonds is 2. The van der Waals surface area contributed by atoms with Gasteiger partial charge in [-0.2, -0.15) is 0 Å². The second kappa shape index (κ2) is 4.38. The third-order valence-corrected chi connectivity index (χ3v) is 4.59. The fourth-order valence-electron chi connectivity index (χ4n) is 2.53. The zero-order chi connectivity index (χ0) is 13.5. The topological polar surface area (TPSA) is 55.2 Å². The summed E-state index contributed by atoms with van der Waals surface area (Å²) < 4.78 is 27.4. The molecule has 2 heterocycles. The van der Waals surface area contributed by atoms with Crippen LogP contribution >= 0.6 is 0 Å². The molecule has 1 aliphatic heterocycles. The maximum atomic E-state index is 12.0. The molecule has 1 aromatic carbocycles. The Hall–Kier alpha value is -1.82. The van der Waals surface area contributed by atoms with Gasteiger partial charge in [-0.15, -0.1) is 0 Å². The number of anilines is 1. The summed E-state index contributed by atoms with van der Waals surface area (Å²) in [6.07, 6.45) is 7.39. The second-order valence-electron chi connectivity index (χ2n) is 4.79. The van der Waals surface area contributed by atoms with E-state index in [1.54, 1.807) is 12.5 Å². The van der Waals surface area contributed by atoms with Crippen molar-refractivity contribution >= 4 is 15.7 Å². The van der Waals surface area contributed by atoms with E-state index in [-0.39, 0.29) is 6.04 Å². The van der Waals surface area contributed by atoms with Crippen LogP contribution in [-0.2, 0) is 16.4 Å². The number of imidazole rings is 1. The van der Waals surface area contributed by atoms with Gasteiger partial charge in [0.15, 0.2) is 0 Å². The largest absolute Gasteiger partial charge is 0.332 e. The maximum Gasteiger partial charge on any atom is 0.232 e. The molecule has 0 fully saturated rings. The number of sulfonamides is 1. The quantitative estimate of drug-likeness (QED) is 0.835. The molecule has 0 saturated carbocycles. The molecule has 0 bridgehead atoms. The summed E-state index contributed by atoms with van der Waals surface area (Å²) in [5.74, 6) is 0. The molecule has 1 unspecified atom stereocenters. The molecule has 1 aliphatic rings. The average molecular weight is 277 g/mol. The third-order valence-electron chi connectivity index (χ3n) is 3.44. The summed E-state index contributed by atoms with van der Waals surface area (Å²) in [6.45, 7) is 0.451. The predicted octanol–water partition coefficient (Wildman–Crippen LogP) is 1.45. The Labute approximate surface area is 112 Å². The molecule has 0 N–H and O–H groups in total. The lowest BCUT2D eigenvalue weighted by Gasteiger charge is -2.34. The van der Waals surface area contributed by atoms with Gasteiger partial charge in [-0.25, -0.2) is 13.4 Å². The van der Waals surface area contributed by atoms with Crippen LogP contribution in [0.5, 0.6) is 0 Å². The average Bonchev–Trinajstić information content (AvgIpc) is 2.90. The van der Waals surface area contributed by atoms with Crippen molar-refractivity contribution in [2.45, 2.75) is 12.5 Å². The Kier molecular flexibility index (Phi) is 2.82. The van der Waals surface area contributed by atoms with Gasteiger partial charge in [0, 0.05) is 12.4 Å². The van der Waals surface area contributed by atoms with Gasteiger partial charge in [0.25, 0.3) is 0 Å². The van der Waals surface area contributed by atoms with Crippen LogP contribution in [0.4, 0.5) is 5.69 Å². The molecule has 3 rings (SSSR count). The van der Waals surface area contributed by atoms with Crippen LogP contribution in [0.3, 0.4) is 0 Å². The first-order valence-corrected chi connectivity index (χ1v) is 7.93. The number of hydrogen-bond acceptors (Lipinski definition) is 3. The first kappa shape index (κ1) is 12.2. The van der Waals surface area contributed by atoms with Crippen molar-refractivity contribution in [3.05, 3.63) is 48.5 Å². The molecule has 0 radical (unpaired) electrons. The molecule has 0 spiro atoms. The van der Waals surface area contributed by atoms with Gasteiger partial charge in [0.1, 0.15) is 0 Å². The van der Waals surface area contributed by atoms with Crippen LogP contribution in [0.15, 0.2) is 43.0 Å². The van der Waals surface area contributed by atoms with Crippen molar-refractivity contribution in [1.82, 2.24) is 9.55 Å². The highest BCUT2D eigenvalue weighted by Crippen LogP contribution is 2.33. The van der Waals surface area contributed by atoms with Crippen molar-refractivity contribution < 1.29 is 8.42 Å². The van der Waals surface area contributed by atoms with E-state index in [0.717, 1.165) is 17.7 Å². The van der Waals surface area contributed by atoms with E-state index in [1.165, 1.54) is 10.6 Å². The van der Waals surface area contributed by atoms with Crippen LogP contribution in [0.25, 0.3) is 0 Å². The molecule has 6 heteroatoms. The summed E-state index contributed by atoms with van der Waals surface area (Å²) in [4.78, 5) is 4.04. The molecule has 19 heavy (non-hydrogen) atoms. The lowest BCUT2D eigenvalue weighted by Crippen LogP contribution is -2.40. The van der Waals surface area contributed by atoms with Crippen LogP contribution in [0, 0.1) is 0 Å². The molecule has 0 amide bonds. The minimum absolute atomic E-state index is 0.0899. The fourth-order valence-corrected chi connectivity index (χ4v) is 3.51. The molecule has 2 aromatic rings. The summed E-state index contributed by atoms with van der Waals surface area (Å²) in [7, 11) is -3.26. The van der Waals surface area contributed by atoms with Gasteiger partial charge >= 0.3 is 0 Å². The van der Waals surface area contributed by atoms with Crippen molar-refractivity contribution in [3.8, 4) is 0 Å². The molecule has 0 saturated heterocycles. The number of hydrogen-bond donors (Lipinski definition) is 0. The van der Waals surface area contributed by atoms with E-state index in [0.29, 0.717) is 6.54 Å². The Bertz CT molecular complexity index is 680. The zero-order valence-corrected chi connectivity index (χ0v) is 11.4. The van der Waals surface area contributed by atoms with Crippen LogP contribution in [0.1, 0.15) is 11.6 Å². The van der Waals surface area contributed by atoms with Crippen molar-refractivity contribution in [2.24, 2.45) is 0 Å². The van der Waals surface area contributed by atoms with Gasteiger partial charge in [0.05, 0.1) is 30.9 Å². The number of fused-ring (bicyclic) bond motifs is 1. The molecule has 1 atom stereocenters. The van der Waals surface area contributed by atoms with Gasteiger partial charge in [-0.1, -0.05) is 18.2 Å². The highest BCUT2D eigenvalue weighted by molar-refractivity contribution is 7.92. The van der Waals surface area contributed by atoms with E-state index in [9.17, 15) is 8.42 Å². The number of aromatic nitrogens is 2. The van der Waals surface area contributed by atoms with Crippen molar-refractivity contribution in [1.29, 1.82) is 0 Å². The van der Waals surface area contributed by atoms with Gasteiger partial charge in [-0.3, -0.25) is 4.31 Å². The summed E-state index contributed by atoms with van der Waals surface area (Å²) in [5.41, 5.74) is 1.85. The van der Waals surface area contributed by atoms with Gasteiger partial charge in [0.2, 0.25) is 10.0 Å². The van der Waals surface area contributed by atoms with E-state index < -0.39 is 10.0 Å². The molecular formula is C13H15N3O2S. The van der Waals surface area contributed by atoms with Crippen LogP contribution in [-0.4, -0.2) is 30.8 Å². The van der Waals surface area contributed by atoms with Gasteiger partial charge in [-0.05, 0) is 18.1 Å². The molecule has 5 nitrogen and oxygen atoms in total. The minimum atomic E-state index is -3.26. The zero-order valence-electron chi connectivity index (χ0n) is 10.6. The van der Waals surface area contributed by atoms with Crippen LogP contribution in [0.2, 0.25) is 0 Å². The Balaban J connectivity index is 2.06. The lowest BCUT2D eigenvalue weighted by atomic mass is 10.00. The highest BCUT2D eigenvalue weighted by atomic mass is 32.2. The van der Waals surface area contributed by atoms with E-state index in [4.69, 9.17) is 0 Å². The monoisotopic (exact) mass is 277 g/mol. The normalized spacial score (nSPS) is 19.2. The van der Waals surface area contributed by atoms with E-state index in [1.807, 2.05) is 35.0 Å². The van der Waals surface area contributed by atoms with E-state index >= 15 is 0 Å². The number of para-hydroxylation sites is 1. The number of benzene rings is 1. The minimum Gasteiger partial charge on any atom is -0.332 e. The fraction of sp³-hybridized carbons (Fsp3) is 0.308. The highest BCUT2D eigenvalue weighted by Gasteiger charge is 2.30. The smallest absolute Gasteiger partial charge is 0.232 e. The van der Waals surface area contributed by atoms with E-state index in [2.05, 4.69) is 4.98 Å². The Morgan fingerprint density at radius 1 is 1.32 bits per heavy atom. The van der Waals surface area contributed by atoms with Crippen LogP contribution < -0.4 is 4.31 Å². The molecule has 0 aliphatic carbocycles. The Morgan fingerprint density at radius 3 is 2.79 bits per heavy atom. The summed E-state index contributed by atoms with van der Waals surface area (Å²) in [5, 5.41) is 0. The second-order valence-corrected chi connectivity index (χ2v) is 6.70. The standard InChI is InChI=1S/C13H15N3O2S/c1-19(17,18)16-9-12(15-7-6-14-10-15)8-11-4-2-3-5-13(11)16/h2-7,10,12H,8-9H2,1H3. The summed E-state index contributed by atoms with van der Waals surface area (Å²) >= 11 is 0. The molecular weight excluding hydrogens is 262 g/mol. The number of nitrogens with zero attached hydrogens (tertiary/aromatic N) is 3. The maximum absolute atomic E-state index is 12.0. The first-order valence-electron chi connectivity index (χ1n) is 6.09. The SMILES string of the molecule is CS(=O)(=O)N1CC(n2ccnc2)Cc2ccccc21. The predicted molar refractivity (Wildman–Crippen MR) is 73.6 cm³/mol. The van der Waals surface area contributed by atoms with Crippen molar-refractivity contribution in [2.75, 3.05) is 17.1 Å². The molecule has 1 aromatic heterocycles. The Morgan fingerprint density at radius 2 is 2.11 bits per heavy atom. The lowest BCUT2D eigenvalue weighted by molar-refractivity contribution is 0.488. The van der Waals surface area contributed by atoms with Crippen molar-refractivity contribution in [3.63, 3.8) is 0 Å². The summed E-state index contributed by atoms with van der Waals surface area (Å²) in [6, 6.07) is 7.74. The first-order chi connectivity index (χ1) is 9.05. The molecule has 100 valence electrons. The van der Waals surface area contributed by atoms with Gasteiger partial charge < -0.3 is 4.57 Å².